The van der Waals surface area contributed by atoms with E-state index in [-0.39, 0.29) is 30.3 Å². The summed E-state index contributed by atoms with van der Waals surface area (Å²) in [6.07, 6.45) is 2.12. The lowest BCUT2D eigenvalue weighted by Gasteiger charge is -2.33. The Kier molecular flexibility index (Phi) is 5.88. The van der Waals surface area contributed by atoms with Gasteiger partial charge in [0.25, 0.3) is 5.91 Å². The lowest BCUT2D eigenvalue weighted by Crippen LogP contribution is -2.49. The maximum Gasteiger partial charge on any atom is 0.264 e. The highest BCUT2D eigenvalue weighted by atomic mass is 32.1. The van der Waals surface area contributed by atoms with Crippen LogP contribution in [0.5, 0.6) is 0 Å². The fraction of sp³-hybridized carbons (Fsp3) is 0.474. The molecule has 1 aromatic heterocycles. The Bertz CT molecular complexity index is 820. The van der Waals surface area contributed by atoms with Gasteiger partial charge in [0, 0.05) is 48.3 Å². The largest absolute Gasteiger partial charge is 0.380 e. The third-order valence-electron chi connectivity index (χ3n) is 4.64. The number of hydrogen-bond donors (Lipinski definition) is 1. The Labute approximate surface area is 156 Å². The summed E-state index contributed by atoms with van der Waals surface area (Å²) in [4.78, 5) is 27.1. The van der Waals surface area contributed by atoms with Crippen LogP contribution >= 0.6 is 11.3 Å². The van der Waals surface area contributed by atoms with Crippen LogP contribution in [0.1, 0.15) is 41.4 Å². The van der Waals surface area contributed by atoms with E-state index in [2.05, 4.69) is 5.32 Å². The number of halogens is 1. The van der Waals surface area contributed by atoms with E-state index in [1.807, 2.05) is 13.0 Å². The number of carbonyl (C=O) groups is 2. The zero-order chi connectivity index (χ0) is 18.7. The molecule has 0 spiro atoms. The minimum atomic E-state index is -0.337. The number of benzene rings is 1. The number of piperidine rings is 1. The van der Waals surface area contributed by atoms with Crippen molar-refractivity contribution < 1.29 is 18.7 Å². The summed E-state index contributed by atoms with van der Waals surface area (Å²) in [6.45, 7) is 3.11. The van der Waals surface area contributed by atoms with Gasteiger partial charge in [0.05, 0.1) is 11.5 Å². The molecule has 2 amide bonds. The maximum atomic E-state index is 14.3. The fourth-order valence-electron chi connectivity index (χ4n) is 3.37. The molecule has 2 heterocycles. The molecule has 1 aliphatic rings. The molecule has 1 saturated heterocycles. The number of fused-ring (bicyclic) bond motifs is 1. The molecule has 1 atom stereocenters. The Morgan fingerprint density at radius 1 is 1.42 bits per heavy atom. The van der Waals surface area contributed by atoms with Crippen LogP contribution in [0, 0.1) is 5.82 Å². The molecule has 1 aliphatic heterocycles. The van der Waals surface area contributed by atoms with Gasteiger partial charge in [-0.25, -0.2) is 4.39 Å². The molecule has 1 fully saturated rings. The number of nitrogens with zero attached hydrogens (tertiary/aromatic N) is 1. The van der Waals surface area contributed by atoms with E-state index in [4.69, 9.17) is 4.74 Å². The van der Waals surface area contributed by atoms with Gasteiger partial charge >= 0.3 is 0 Å². The van der Waals surface area contributed by atoms with Crippen molar-refractivity contribution in [2.24, 2.45) is 0 Å². The lowest BCUT2D eigenvalue weighted by molar-refractivity contribution is -0.121. The molecule has 0 radical (unpaired) electrons. The number of methoxy groups -OCH3 is 1. The smallest absolute Gasteiger partial charge is 0.264 e. The fourth-order valence-corrected chi connectivity index (χ4v) is 4.56. The van der Waals surface area contributed by atoms with Crippen molar-refractivity contribution in [2.45, 2.75) is 38.8 Å². The van der Waals surface area contributed by atoms with Crippen LogP contribution in [-0.2, 0) is 16.1 Å². The van der Waals surface area contributed by atoms with E-state index < -0.39 is 0 Å². The Balaban J connectivity index is 1.88. The third-order valence-corrected chi connectivity index (χ3v) is 5.83. The summed E-state index contributed by atoms with van der Waals surface area (Å²) in [5, 5.41) is 3.43. The van der Waals surface area contributed by atoms with Gasteiger partial charge in [0.15, 0.2) is 0 Å². The van der Waals surface area contributed by atoms with Crippen LogP contribution in [0.3, 0.4) is 0 Å². The van der Waals surface area contributed by atoms with E-state index in [0.717, 1.165) is 17.5 Å². The molecule has 0 aliphatic carbocycles. The number of likely N-dealkylation sites (tertiary alicyclic amines) is 1. The van der Waals surface area contributed by atoms with Gasteiger partial charge in [0.1, 0.15) is 5.82 Å². The minimum absolute atomic E-state index is 0.00620. The monoisotopic (exact) mass is 378 g/mol. The molecular formula is C19H23FN2O3S. The highest BCUT2D eigenvalue weighted by Crippen LogP contribution is 2.35. The quantitative estimate of drug-likeness (QED) is 0.868. The van der Waals surface area contributed by atoms with Crippen molar-refractivity contribution >= 4 is 33.2 Å². The van der Waals surface area contributed by atoms with Crippen LogP contribution < -0.4 is 5.32 Å². The minimum Gasteiger partial charge on any atom is -0.380 e. The Morgan fingerprint density at radius 2 is 2.23 bits per heavy atom. The highest BCUT2D eigenvalue weighted by Gasteiger charge is 2.29. The van der Waals surface area contributed by atoms with Gasteiger partial charge in [-0.2, -0.15) is 0 Å². The summed E-state index contributed by atoms with van der Waals surface area (Å²) in [7, 11) is 1.54. The first kappa shape index (κ1) is 18.8. The molecular weight excluding hydrogens is 355 g/mol. The molecule has 2 aromatic rings. The van der Waals surface area contributed by atoms with Gasteiger partial charge in [0.2, 0.25) is 5.91 Å². The van der Waals surface area contributed by atoms with E-state index >= 15 is 0 Å². The molecule has 5 nitrogen and oxygen atoms in total. The van der Waals surface area contributed by atoms with Crippen LogP contribution in [-0.4, -0.2) is 43.0 Å². The lowest BCUT2D eigenvalue weighted by atomic mass is 10.0. The van der Waals surface area contributed by atoms with Crippen LogP contribution in [0.15, 0.2) is 18.2 Å². The number of amides is 2. The van der Waals surface area contributed by atoms with Crippen molar-refractivity contribution in [3.05, 3.63) is 34.5 Å². The van der Waals surface area contributed by atoms with E-state index in [1.54, 1.807) is 11.0 Å². The van der Waals surface area contributed by atoms with Crippen molar-refractivity contribution in [2.75, 3.05) is 20.2 Å². The number of ether oxygens (including phenoxy) is 1. The van der Waals surface area contributed by atoms with Crippen molar-refractivity contribution in [1.82, 2.24) is 10.2 Å². The second kappa shape index (κ2) is 8.14. The molecule has 7 heteroatoms. The van der Waals surface area contributed by atoms with Gasteiger partial charge < -0.3 is 15.0 Å². The highest BCUT2D eigenvalue weighted by molar-refractivity contribution is 7.21. The predicted molar refractivity (Wildman–Crippen MR) is 99.9 cm³/mol. The van der Waals surface area contributed by atoms with Crippen molar-refractivity contribution in [1.29, 1.82) is 0 Å². The van der Waals surface area contributed by atoms with Gasteiger partial charge in [-0.1, -0.05) is 13.0 Å². The first-order valence-corrected chi connectivity index (χ1v) is 9.64. The number of carbonyl (C=O) groups excluding carboxylic acids is 2. The van der Waals surface area contributed by atoms with Crippen molar-refractivity contribution in [3.63, 3.8) is 0 Å². The predicted octanol–water partition coefficient (Wildman–Crippen LogP) is 3.32. The Hall–Kier alpha value is -1.99. The summed E-state index contributed by atoms with van der Waals surface area (Å²) < 4.78 is 20.3. The molecule has 0 saturated carbocycles. The average Bonchev–Trinajstić information content (AvgIpc) is 3.01. The van der Waals surface area contributed by atoms with Crippen LogP contribution in [0.2, 0.25) is 0 Å². The van der Waals surface area contributed by atoms with Crippen molar-refractivity contribution in [3.8, 4) is 0 Å². The number of rotatable bonds is 5. The maximum absolute atomic E-state index is 14.3. The molecule has 0 unspecified atom stereocenters. The molecule has 0 bridgehead atoms. The number of thiophene rings is 1. The molecule has 140 valence electrons. The molecule has 3 rings (SSSR count). The SMILES string of the molecule is CCC(=O)N[C@@H]1CCCN(C(=O)c2sc3cccc(F)c3c2COC)C1. The molecule has 26 heavy (non-hydrogen) atoms. The van der Waals surface area contributed by atoms with Gasteiger partial charge in [-0.15, -0.1) is 11.3 Å². The van der Waals surface area contributed by atoms with Crippen LogP contribution in [0.25, 0.3) is 10.1 Å². The van der Waals surface area contributed by atoms with Crippen LogP contribution in [0.4, 0.5) is 4.39 Å². The standard InChI is InChI=1S/C19H23FN2O3S/c1-3-16(23)21-12-6-5-9-22(10-12)19(24)18-13(11-25-2)17-14(20)7-4-8-15(17)26-18/h4,7-8,12H,3,5-6,9-11H2,1-2H3,(H,21,23)/t12-/m1/s1. The first-order chi connectivity index (χ1) is 12.5. The summed E-state index contributed by atoms with van der Waals surface area (Å²) in [5.74, 6) is -0.460. The number of hydrogen-bond acceptors (Lipinski definition) is 4. The zero-order valence-corrected chi connectivity index (χ0v) is 15.8. The summed E-state index contributed by atoms with van der Waals surface area (Å²) in [5.41, 5.74) is 0.607. The number of nitrogens with one attached hydrogen (secondary N) is 1. The van der Waals surface area contributed by atoms with E-state index in [1.165, 1.54) is 24.5 Å². The van der Waals surface area contributed by atoms with E-state index in [9.17, 15) is 14.0 Å². The second-order valence-electron chi connectivity index (χ2n) is 6.47. The van der Waals surface area contributed by atoms with E-state index in [0.29, 0.717) is 35.3 Å². The molecule has 1 aromatic carbocycles. The summed E-state index contributed by atoms with van der Waals surface area (Å²) in [6, 6.07) is 4.84. The molecule has 1 N–H and O–H groups in total. The second-order valence-corrected chi connectivity index (χ2v) is 7.52. The third kappa shape index (κ3) is 3.73. The topological polar surface area (TPSA) is 58.6 Å². The normalized spacial score (nSPS) is 17.5. The Morgan fingerprint density at radius 3 is 2.96 bits per heavy atom. The van der Waals surface area contributed by atoms with Gasteiger partial charge in [-0.3, -0.25) is 9.59 Å². The summed E-state index contributed by atoms with van der Waals surface area (Å²) >= 11 is 1.30. The average molecular weight is 378 g/mol. The van der Waals surface area contributed by atoms with Gasteiger partial charge in [-0.05, 0) is 25.0 Å². The zero-order valence-electron chi connectivity index (χ0n) is 15.0. The first-order valence-electron chi connectivity index (χ1n) is 8.82.